The summed E-state index contributed by atoms with van der Waals surface area (Å²) < 4.78 is 10.4. The molecule has 20 heavy (non-hydrogen) atoms. The highest BCUT2D eigenvalue weighted by atomic mass is 35.5. The Morgan fingerprint density at radius 3 is 2.85 bits per heavy atom. The van der Waals surface area contributed by atoms with Gasteiger partial charge in [0.15, 0.2) is 0 Å². The lowest BCUT2D eigenvalue weighted by atomic mass is 10.2. The minimum absolute atomic E-state index is 0.0723. The number of thiophene rings is 1. The molecule has 0 bridgehead atoms. The van der Waals surface area contributed by atoms with Gasteiger partial charge in [-0.2, -0.15) is 0 Å². The molecule has 2 heterocycles. The van der Waals surface area contributed by atoms with Gasteiger partial charge in [-0.1, -0.05) is 11.6 Å². The van der Waals surface area contributed by atoms with Gasteiger partial charge in [0, 0.05) is 4.88 Å². The number of ether oxygens (including phenoxy) is 1. The number of nitrogens with one attached hydrogen (secondary N) is 1. The predicted octanol–water partition coefficient (Wildman–Crippen LogP) is 2.64. The van der Waals surface area contributed by atoms with Crippen LogP contribution < -0.4 is 5.32 Å². The first-order valence-electron chi connectivity index (χ1n) is 5.75. The number of hydrogen-bond acceptors (Lipinski definition) is 5. The zero-order chi connectivity index (χ0) is 14.5. The molecule has 0 unspecified atom stereocenters. The van der Waals surface area contributed by atoms with Crippen molar-refractivity contribution in [3.05, 3.63) is 45.0 Å². The molecule has 0 aromatic carbocycles. The van der Waals surface area contributed by atoms with Crippen LogP contribution in [0.25, 0.3) is 0 Å². The molecule has 0 aliphatic rings. The van der Waals surface area contributed by atoms with Crippen molar-refractivity contribution in [1.82, 2.24) is 5.32 Å². The molecule has 0 fully saturated rings. The Morgan fingerprint density at radius 2 is 2.20 bits per heavy atom. The van der Waals surface area contributed by atoms with Gasteiger partial charge >= 0.3 is 5.97 Å². The molecular formula is C13H12ClNO4S. The number of hydrogen-bond donors (Lipinski definition) is 1. The number of furan rings is 1. The first-order chi connectivity index (χ1) is 9.60. The largest absolute Gasteiger partial charge is 0.469 e. The van der Waals surface area contributed by atoms with Crippen LogP contribution in [-0.4, -0.2) is 19.0 Å². The second-order valence-electron chi connectivity index (χ2n) is 3.90. The van der Waals surface area contributed by atoms with Crippen LogP contribution in [0, 0.1) is 0 Å². The fraction of sp³-hybridized carbons (Fsp3) is 0.231. The van der Waals surface area contributed by atoms with E-state index in [1.54, 1.807) is 6.07 Å². The summed E-state index contributed by atoms with van der Waals surface area (Å²) >= 11 is 7.21. The maximum atomic E-state index is 12.0. The molecular weight excluding hydrogens is 302 g/mol. The van der Waals surface area contributed by atoms with Crippen molar-refractivity contribution in [2.24, 2.45) is 0 Å². The highest BCUT2D eigenvalue weighted by Crippen LogP contribution is 2.21. The molecule has 1 N–H and O–H groups in total. The van der Waals surface area contributed by atoms with E-state index in [1.807, 2.05) is 6.07 Å². The molecule has 0 radical (unpaired) electrons. The van der Waals surface area contributed by atoms with Crippen LogP contribution in [0.3, 0.4) is 0 Å². The van der Waals surface area contributed by atoms with Crippen molar-refractivity contribution in [1.29, 1.82) is 0 Å². The Morgan fingerprint density at radius 1 is 1.40 bits per heavy atom. The Bertz CT molecular complexity index is 619. The SMILES string of the molecule is COC(=O)Cc1occc1C(=O)NCc1ccc(Cl)s1. The molecule has 0 saturated carbocycles. The van der Waals surface area contributed by atoms with E-state index in [0.29, 0.717) is 22.2 Å². The Hall–Kier alpha value is -1.79. The number of carbonyl (C=O) groups excluding carboxylic acids is 2. The Balaban J connectivity index is 1.99. The number of halogens is 1. The van der Waals surface area contributed by atoms with Crippen LogP contribution in [0.4, 0.5) is 0 Å². The van der Waals surface area contributed by atoms with E-state index in [4.69, 9.17) is 16.0 Å². The second kappa shape index (κ2) is 6.58. The molecule has 106 valence electrons. The van der Waals surface area contributed by atoms with Gasteiger partial charge in [-0.15, -0.1) is 11.3 Å². The smallest absolute Gasteiger partial charge is 0.313 e. The summed E-state index contributed by atoms with van der Waals surface area (Å²) in [7, 11) is 1.28. The second-order valence-corrected chi connectivity index (χ2v) is 5.70. The van der Waals surface area contributed by atoms with Crippen molar-refractivity contribution in [2.75, 3.05) is 7.11 Å². The van der Waals surface area contributed by atoms with Crippen LogP contribution in [0.2, 0.25) is 4.34 Å². The molecule has 0 atom stereocenters. The van der Waals surface area contributed by atoms with Crippen molar-refractivity contribution in [3.63, 3.8) is 0 Å². The zero-order valence-corrected chi connectivity index (χ0v) is 12.2. The van der Waals surface area contributed by atoms with Gasteiger partial charge < -0.3 is 14.5 Å². The molecule has 1 amide bonds. The van der Waals surface area contributed by atoms with Crippen LogP contribution in [0.1, 0.15) is 21.0 Å². The quantitative estimate of drug-likeness (QED) is 0.862. The molecule has 0 saturated heterocycles. The van der Waals surface area contributed by atoms with Crippen LogP contribution >= 0.6 is 22.9 Å². The zero-order valence-electron chi connectivity index (χ0n) is 10.6. The molecule has 2 rings (SSSR count). The maximum Gasteiger partial charge on any atom is 0.313 e. The van der Waals surface area contributed by atoms with E-state index >= 15 is 0 Å². The lowest BCUT2D eigenvalue weighted by molar-refractivity contribution is -0.140. The van der Waals surface area contributed by atoms with Crippen LogP contribution in [0.5, 0.6) is 0 Å². The standard InChI is InChI=1S/C13H12ClNO4S/c1-18-12(16)6-10-9(4-5-19-10)13(17)15-7-8-2-3-11(14)20-8/h2-5H,6-7H2,1H3,(H,15,17). The van der Waals surface area contributed by atoms with Crippen molar-refractivity contribution >= 4 is 34.8 Å². The first kappa shape index (κ1) is 14.6. The summed E-state index contributed by atoms with van der Waals surface area (Å²) in [4.78, 5) is 24.2. The summed E-state index contributed by atoms with van der Waals surface area (Å²) in [5.41, 5.74) is 0.332. The highest BCUT2D eigenvalue weighted by molar-refractivity contribution is 7.16. The normalized spacial score (nSPS) is 10.3. The lowest BCUT2D eigenvalue weighted by Crippen LogP contribution is -2.23. The third kappa shape index (κ3) is 3.61. The molecule has 0 aliphatic heterocycles. The maximum absolute atomic E-state index is 12.0. The van der Waals surface area contributed by atoms with Crippen molar-refractivity contribution < 1.29 is 18.7 Å². The number of methoxy groups -OCH3 is 1. The fourth-order valence-electron chi connectivity index (χ4n) is 1.59. The summed E-state index contributed by atoms with van der Waals surface area (Å²) in [5.74, 6) is -0.472. The van der Waals surface area contributed by atoms with Gasteiger partial charge in [0.05, 0.1) is 29.8 Å². The average molecular weight is 314 g/mol. The summed E-state index contributed by atoms with van der Waals surface area (Å²) in [5, 5.41) is 2.75. The molecule has 5 nitrogen and oxygen atoms in total. The molecule has 2 aromatic rings. The molecule has 0 aliphatic carbocycles. The van der Waals surface area contributed by atoms with E-state index < -0.39 is 5.97 Å². The molecule has 7 heteroatoms. The number of rotatable bonds is 5. The van der Waals surface area contributed by atoms with E-state index in [1.165, 1.54) is 30.8 Å². The summed E-state index contributed by atoms with van der Waals surface area (Å²) in [6.45, 7) is 0.374. The Labute approximate surface area is 124 Å². The fourth-order valence-corrected chi connectivity index (χ4v) is 2.62. The summed E-state index contributed by atoms with van der Waals surface area (Å²) in [6.07, 6.45) is 1.30. The number of amides is 1. The number of esters is 1. The summed E-state index contributed by atoms with van der Waals surface area (Å²) in [6, 6.07) is 5.14. The van der Waals surface area contributed by atoms with Gasteiger partial charge in [-0.05, 0) is 18.2 Å². The van der Waals surface area contributed by atoms with Crippen molar-refractivity contribution in [2.45, 2.75) is 13.0 Å². The van der Waals surface area contributed by atoms with E-state index in [2.05, 4.69) is 10.1 Å². The minimum Gasteiger partial charge on any atom is -0.469 e. The third-order valence-corrected chi connectivity index (χ3v) is 3.81. The van der Waals surface area contributed by atoms with Gasteiger partial charge in [0.1, 0.15) is 12.2 Å². The van der Waals surface area contributed by atoms with Gasteiger partial charge in [-0.25, -0.2) is 0 Å². The lowest BCUT2D eigenvalue weighted by Gasteiger charge is -2.03. The average Bonchev–Trinajstić information content (AvgIpc) is 3.05. The third-order valence-electron chi connectivity index (χ3n) is 2.57. The number of carbonyl (C=O) groups is 2. The highest BCUT2D eigenvalue weighted by Gasteiger charge is 2.17. The topological polar surface area (TPSA) is 68.5 Å². The van der Waals surface area contributed by atoms with Gasteiger partial charge in [0.2, 0.25) is 0 Å². The monoisotopic (exact) mass is 313 g/mol. The van der Waals surface area contributed by atoms with Crippen molar-refractivity contribution in [3.8, 4) is 0 Å². The Kier molecular flexibility index (Phi) is 4.81. The first-order valence-corrected chi connectivity index (χ1v) is 6.95. The van der Waals surface area contributed by atoms with Crippen LogP contribution in [-0.2, 0) is 22.5 Å². The predicted molar refractivity (Wildman–Crippen MR) is 74.9 cm³/mol. The van der Waals surface area contributed by atoms with Crippen LogP contribution in [0.15, 0.2) is 28.9 Å². The van der Waals surface area contributed by atoms with Gasteiger partial charge in [-0.3, -0.25) is 9.59 Å². The molecule has 2 aromatic heterocycles. The molecule has 0 spiro atoms. The van der Waals surface area contributed by atoms with Gasteiger partial charge in [0.25, 0.3) is 5.91 Å². The van der Waals surface area contributed by atoms with E-state index in [9.17, 15) is 9.59 Å². The van der Waals surface area contributed by atoms with E-state index in [-0.39, 0.29) is 12.3 Å². The minimum atomic E-state index is -0.459. The van der Waals surface area contributed by atoms with E-state index in [0.717, 1.165) is 4.88 Å².